The van der Waals surface area contributed by atoms with E-state index in [4.69, 9.17) is 0 Å². The molecule has 0 bridgehead atoms. The van der Waals surface area contributed by atoms with E-state index in [0.717, 1.165) is 19.3 Å². The quantitative estimate of drug-likeness (QED) is 0.525. The summed E-state index contributed by atoms with van der Waals surface area (Å²) in [5, 5.41) is 14.4. The molecule has 0 heterocycles. The molecular weight excluding hydrogens is 270 g/mol. The third kappa shape index (κ3) is 3.59. The average molecular weight is 289 g/mol. The third-order valence-electron chi connectivity index (χ3n) is 3.48. The highest BCUT2D eigenvalue weighted by Crippen LogP contribution is 2.28. The summed E-state index contributed by atoms with van der Waals surface area (Å²) in [6.07, 6.45) is 6.98. The molecule has 1 aromatic rings. The van der Waals surface area contributed by atoms with Gasteiger partial charge in [0.05, 0.1) is 4.92 Å². The molecule has 1 amide bonds. The van der Waals surface area contributed by atoms with Crippen LogP contribution in [0.5, 0.6) is 0 Å². The van der Waals surface area contributed by atoms with Crippen LogP contribution >= 0.6 is 0 Å². The molecule has 0 aliphatic heterocycles. The fourth-order valence-electron chi connectivity index (χ4n) is 2.34. The van der Waals surface area contributed by atoms with Crippen molar-refractivity contribution in [2.24, 2.45) is 0 Å². The van der Waals surface area contributed by atoms with Gasteiger partial charge in [0, 0.05) is 31.8 Å². The van der Waals surface area contributed by atoms with Crippen molar-refractivity contribution in [3.05, 3.63) is 46.0 Å². The van der Waals surface area contributed by atoms with Crippen molar-refractivity contribution in [2.45, 2.75) is 25.3 Å². The van der Waals surface area contributed by atoms with Crippen LogP contribution in [0, 0.1) is 10.1 Å². The normalized spacial score (nSPS) is 17.3. The molecule has 6 heteroatoms. The summed E-state index contributed by atoms with van der Waals surface area (Å²) < 4.78 is 0. The lowest BCUT2D eigenvalue weighted by molar-refractivity contribution is -0.384. The molecule has 1 aromatic carbocycles. The molecule has 6 nitrogen and oxygen atoms in total. The second kappa shape index (κ2) is 6.39. The minimum absolute atomic E-state index is 0.0581. The first-order valence-electron chi connectivity index (χ1n) is 6.90. The highest BCUT2D eigenvalue weighted by Gasteiger charge is 2.20. The van der Waals surface area contributed by atoms with Gasteiger partial charge in [0.25, 0.3) is 11.6 Å². The Morgan fingerprint density at radius 3 is 2.71 bits per heavy atom. The monoisotopic (exact) mass is 289 g/mol. The predicted octanol–water partition coefficient (Wildman–Crippen LogP) is 2.82. The molecule has 112 valence electrons. The summed E-state index contributed by atoms with van der Waals surface area (Å²) in [6, 6.07) is 4.77. The van der Waals surface area contributed by atoms with Gasteiger partial charge in [-0.3, -0.25) is 14.9 Å². The molecule has 0 saturated carbocycles. The van der Waals surface area contributed by atoms with Gasteiger partial charge < -0.3 is 10.2 Å². The highest BCUT2D eigenvalue weighted by molar-refractivity contribution is 5.95. The number of hydrogen-bond donors (Lipinski definition) is 1. The lowest BCUT2D eigenvalue weighted by Crippen LogP contribution is -2.23. The zero-order chi connectivity index (χ0) is 15.4. The van der Waals surface area contributed by atoms with Crippen molar-refractivity contribution in [1.82, 2.24) is 4.90 Å². The van der Waals surface area contributed by atoms with Gasteiger partial charge >= 0.3 is 0 Å². The van der Waals surface area contributed by atoms with E-state index in [2.05, 4.69) is 17.5 Å². The number of nitrogens with zero attached hydrogens (tertiary/aromatic N) is 2. The summed E-state index contributed by atoms with van der Waals surface area (Å²) in [4.78, 5) is 24.1. The summed E-state index contributed by atoms with van der Waals surface area (Å²) in [5.41, 5.74) is 0.730. The third-order valence-corrected chi connectivity index (χ3v) is 3.48. The number of nitrogens with one attached hydrogen (secondary N) is 1. The van der Waals surface area contributed by atoms with E-state index in [9.17, 15) is 14.9 Å². The lowest BCUT2D eigenvalue weighted by Gasteiger charge is -2.20. The van der Waals surface area contributed by atoms with Crippen molar-refractivity contribution < 1.29 is 9.72 Å². The number of rotatable bonds is 4. The van der Waals surface area contributed by atoms with Crippen molar-refractivity contribution in [3.63, 3.8) is 0 Å². The van der Waals surface area contributed by atoms with Crippen LogP contribution in [0.1, 0.15) is 29.6 Å². The molecule has 1 atom stereocenters. The maximum absolute atomic E-state index is 11.9. The van der Waals surface area contributed by atoms with Gasteiger partial charge in [0.2, 0.25) is 0 Å². The Bertz CT molecular complexity index is 582. The summed E-state index contributed by atoms with van der Waals surface area (Å²) in [5.74, 6) is -0.245. The van der Waals surface area contributed by atoms with Gasteiger partial charge in [0.15, 0.2) is 0 Å². The molecule has 1 unspecified atom stereocenters. The molecule has 0 spiro atoms. The number of carbonyl (C=O) groups is 1. The van der Waals surface area contributed by atoms with E-state index in [1.807, 2.05) is 0 Å². The van der Waals surface area contributed by atoms with E-state index in [0.29, 0.717) is 11.3 Å². The van der Waals surface area contributed by atoms with Crippen LogP contribution in [0.15, 0.2) is 30.4 Å². The van der Waals surface area contributed by atoms with Gasteiger partial charge in [-0.25, -0.2) is 0 Å². The zero-order valence-electron chi connectivity index (χ0n) is 12.2. The first-order chi connectivity index (χ1) is 9.99. The van der Waals surface area contributed by atoms with Crippen LogP contribution < -0.4 is 5.32 Å². The second-order valence-corrected chi connectivity index (χ2v) is 5.31. The number of benzene rings is 1. The van der Waals surface area contributed by atoms with Crippen LogP contribution in [-0.2, 0) is 0 Å². The molecule has 0 aromatic heterocycles. The van der Waals surface area contributed by atoms with Crippen molar-refractivity contribution in [1.29, 1.82) is 0 Å². The molecule has 1 aliphatic rings. The largest absolute Gasteiger partial charge is 0.376 e. The summed E-state index contributed by atoms with van der Waals surface area (Å²) in [7, 11) is 3.24. The van der Waals surface area contributed by atoms with Crippen LogP contribution in [-0.4, -0.2) is 35.9 Å². The standard InChI is InChI=1S/C15H19N3O3/c1-17(2)15(19)11-8-9-13(14(10-11)18(20)21)16-12-6-4-3-5-7-12/h3-4,8-10,12,16H,5-7H2,1-2H3. The van der Waals surface area contributed by atoms with Gasteiger partial charge in [-0.05, 0) is 31.4 Å². The molecule has 2 rings (SSSR count). The molecular formula is C15H19N3O3. The molecule has 0 fully saturated rings. The number of nitro groups is 1. The minimum atomic E-state index is -0.451. The Morgan fingerprint density at radius 1 is 1.38 bits per heavy atom. The van der Waals surface area contributed by atoms with Crippen molar-refractivity contribution in [2.75, 3.05) is 19.4 Å². The summed E-state index contributed by atoms with van der Waals surface area (Å²) in [6.45, 7) is 0. The minimum Gasteiger partial charge on any atom is -0.376 e. The first kappa shape index (κ1) is 15.0. The molecule has 0 radical (unpaired) electrons. The van der Waals surface area contributed by atoms with Crippen molar-refractivity contribution >= 4 is 17.3 Å². The van der Waals surface area contributed by atoms with Crippen LogP contribution in [0.3, 0.4) is 0 Å². The number of anilines is 1. The van der Waals surface area contributed by atoms with E-state index >= 15 is 0 Å². The number of nitro benzene ring substituents is 1. The maximum atomic E-state index is 11.9. The summed E-state index contributed by atoms with van der Waals surface area (Å²) >= 11 is 0. The number of amides is 1. The van der Waals surface area contributed by atoms with Crippen LogP contribution in [0.2, 0.25) is 0 Å². The van der Waals surface area contributed by atoms with E-state index in [1.165, 1.54) is 11.0 Å². The Labute approximate surface area is 123 Å². The average Bonchev–Trinajstić information content (AvgIpc) is 2.47. The molecule has 0 saturated heterocycles. The van der Waals surface area contributed by atoms with Crippen LogP contribution in [0.4, 0.5) is 11.4 Å². The first-order valence-corrected chi connectivity index (χ1v) is 6.90. The smallest absolute Gasteiger partial charge is 0.293 e. The van der Waals surface area contributed by atoms with Gasteiger partial charge in [-0.15, -0.1) is 0 Å². The van der Waals surface area contributed by atoms with Gasteiger partial charge in [-0.1, -0.05) is 12.2 Å². The van der Waals surface area contributed by atoms with Gasteiger partial charge in [-0.2, -0.15) is 0 Å². The predicted molar refractivity (Wildman–Crippen MR) is 81.5 cm³/mol. The molecule has 1 aliphatic carbocycles. The fourth-order valence-corrected chi connectivity index (χ4v) is 2.34. The van der Waals surface area contributed by atoms with E-state index in [1.54, 1.807) is 26.2 Å². The Hall–Kier alpha value is -2.37. The SMILES string of the molecule is CN(C)C(=O)c1ccc(NC2CC=CCC2)c([N+](=O)[O-])c1. The Morgan fingerprint density at radius 2 is 2.14 bits per heavy atom. The highest BCUT2D eigenvalue weighted by atomic mass is 16.6. The van der Waals surface area contributed by atoms with E-state index < -0.39 is 4.92 Å². The molecule has 21 heavy (non-hydrogen) atoms. The van der Waals surface area contributed by atoms with Gasteiger partial charge in [0.1, 0.15) is 5.69 Å². The topological polar surface area (TPSA) is 75.5 Å². The number of allylic oxidation sites excluding steroid dienone is 1. The lowest BCUT2D eigenvalue weighted by atomic mass is 10.0. The zero-order valence-corrected chi connectivity index (χ0v) is 12.2. The Kier molecular flexibility index (Phi) is 4.57. The molecule has 1 N–H and O–H groups in total. The second-order valence-electron chi connectivity index (χ2n) is 5.31. The maximum Gasteiger partial charge on any atom is 0.293 e. The van der Waals surface area contributed by atoms with E-state index in [-0.39, 0.29) is 17.6 Å². The Balaban J connectivity index is 2.26. The fraction of sp³-hybridized carbons (Fsp3) is 0.400. The number of carbonyl (C=O) groups excluding carboxylic acids is 1. The van der Waals surface area contributed by atoms with Crippen LogP contribution in [0.25, 0.3) is 0 Å². The van der Waals surface area contributed by atoms with Crippen molar-refractivity contribution in [3.8, 4) is 0 Å². The number of hydrogen-bond acceptors (Lipinski definition) is 4.